The summed E-state index contributed by atoms with van der Waals surface area (Å²) in [5.41, 5.74) is 1.93. The zero-order valence-corrected chi connectivity index (χ0v) is 12.6. The van der Waals surface area contributed by atoms with Crippen LogP contribution >= 0.6 is 0 Å². The van der Waals surface area contributed by atoms with Gasteiger partial charge in [-0.25, -0.2) is 0 Å². The Kier molecular flexibility index (Phi) is 5.96. The zero-order valence-electron chi connectivity index (χ0n) is 12.6. The van der Waals surface area contributed by atoms with E-state index in [1.165, 1.54) is 0 Å². The van der Waals surface area contributed by atoms with Crippen molar-refractivity contribution in [2.75, 3.05) is 13.7 Å². The summed E-state index contributed by atoms with van der Waals surface area (Å²) in [6.07, 6.45) is 0.518. The number of methoxy groups -OCH3 is 1. The highest BCUT2D eigenvalue weighted by molar-refractivity contribution is 5.34. The Labute approximate surface area is 131 Å². The molecule has 2 atom stereocenters. The third kappa shape index (κ3) is 4.08. The van der Waals surface area contributed by atoms with Gasteiger partial charge in [0.1, 0.15) is 11.8 Å². The molecule has 2 rings (SSSR count). The number of ether oxygens (including phenoxy) is 1. The smallest absolute Gasteiger partial charge is 0.122 e. The first-order valence-corrected chi connectivity index (χ1v) is 7.21. The number of aliphatic hydroxyl groups is 1. The average Bonchev–Trinajstić information content (AvgIpc) is 2.59. The van der Waals surface area contributed by atoms with Crippen LogP contribution in [0.2, 0.25) is 0 Å². The lowest BCUT2D eigenvalue weighted by atomic mass is 10.0. The molecule has 4 heteroatoms. The van der Waals surface area contributed by atoms with E-state index >= 15 is 0 Å². The van der Waals surface area contributed by atoms with Crippen LogP contribution in [0.5, 0.6) is 5.75 Å². The molecular formula is C18H20N2O2. The molecule has 0 aliphatic rings. The van der Waals surface area contributed by atoms with Crippen LogP contribution in [0.4, 0.5) is 0 Å². The monoisotopic (exact) mass is 296 g/mol. The molecule has 2 N–H and O–H groups in total. The van der Waals surface area contributed by atoms with E-state index in [1.807, 2.05) is 54.6 Å². The normalized spacial score (nSPS) is 13.1. The summed E-state index contributed by atoms with van der Waals surface area (Å²) in [7, 11) is 1.62. The molecule has 0 radical (unpaired) electrons. The topological polar surface area (TPSA) is 65.3 Å². The number of benzene rings is 2. The van der Waals surface area contributed by atoms with Gasteiger partial charge in [-0.15, -0.1) is 0 Å². The second kappa shape index (κ2) is 8.18. The van der Waals surface area contributed by atoms with Crippen molar-refractivity contribution < 1.29 is 9.84 Å². The van der Waals surface area contributed by atoms with Crippen molar-refractivity contribution in [3.63, 3.8) is 0 Å². The number of nitriles is 1. The lowest BCUT2D eigenvalue weighted by molar-refractivity contribution is 0.239. The van der Waals surface area contributed by atoms with Crippen LogP contribution in [0.3, 0.4) is 0 Å². The fourth-order valence-electron chi connectivity index (χ4n) is 2.42. The third-order valence-corrected chi connectivity index (χ3v) is 3.56. The number of para-hydroxylation sites is 1. The second-order valence-corrected chi connectivity index (χ2v) is 5.01. The molecule has 0 amide bonds. The minimum atomic E-state index is -0.409. The average molecular weight is 296 g/mol. The van der Waals surface area contributed by atoms with Crippen LogP contribution in [-0.4, -0.2) is 24.9 Å². The molecule has 0 saturated carbocycles. The molecular weight excluding hydrogens is 276 g/mol. The van der Waals surface area contributed by atoms with Crippen molar-refractivity contribution >= 4 is 0 Å². The summed E-state index contributed by atoms with van der Waals surface area (Å²) in [6, 6.07) is 18.9. The summed E-state index contributed by atoms with van der Waals surface area (Å²) in [6.45, 7) is -0.0614. The van der Waals surface area contributed by atoms with Gasteiger partial charge in [-0.1, -0.05) is 48.5 Å². The van der Waals surface area contributed by atoms with E-state index in [1.54, 1.807) is 7.11 Å². The number of nitrogens with one attached hydrogen (secondary N) is 1. The Balaban J connectivity index is 2.10. The van der Waals surface area contributed by atoms with Gasteiger partial charge in [0.05, 0.1) is 25.8 Å². The van der Waals surface area contributed by atoms with Gasteiger partial charge in [-0.05, 0) is 17.2 Å². The van der Waals surface area contributed by atoms with Crippen molar-refractivity contribution in [1.82, 2.24) is 5.32 Å². The Morgan fingerprint density at radius 1 is 1.14 bits per heavy atom. The van der Waals surface area contributed by atoms with Crippen LogP contribution in [0.1, 0.15) is 17.2 Å². The van der Waals surface area contributed by atoms with Gasteiger partial charge in [-0.3, -0.25) is 5.32 Å². The van der Waals surface area contributed by atoms with Crippen molar-refractivity contribution in [2.24, 2.45) is 0 Å². The van der Waals surface area contributed by atoms with Crippen LogP contribution in [-0.2, 0) is 6.42 Å². The minimum Gasteiger partial charge on any atom is -0.496 e. The van der Waals surface area contributed by atoms with Crippen molar-refractivity contribution in [3.05, 3.63) is 65.7 Å². The molecule has 0 saturated heterocycles. The molecule has 22 heavy (non-hydrogen) atoms. The fraction of sp³-hybridized carbons (Fsp3) is 0.278. The number of nitrogens with zero attached hydrogens (tertiary/aromatic N) is 1. The van der Waals surface area contributed by atoms with Gasteiger partial charge in [0.25, 0.3) is 0 Å². The van der Waals surface area contributed by atoms with E-state index < -0.39 is 6.04 Å². The van der Waals surface area contributed by atoms with Crippen molar-refractivity contribution in [3.8, 4) is 11.8 Å². The molecule has 0 aromatic heterocycles. The Bertz CT molecular complexity index is 622. The fourth-order valence-corrected chi connectivity index (χ4v) is 2.42. The molecule has 4 nitrogen and oxygen atoms in total. The van der Waals surface area contributed by atoms with E-state index in [4.69, 9.17) is 4.74 Å². The molecule has 0 fully saturated rings. The first-order chi connectivity index (χ1) is 10.8. The number of rotatable bonds is 7. The molecule has 0 spiro atoms. The van der Waals surface area contributed by atoms with Gasteiger partial charge >= 0.3 is 0 Å². The molecule has 0 heterocycles. The predicted octanol–water partition coefficient (Wildman–Crippen LogP) is 2.45. The summed E-state index contributed by atoms with van der Waals surface area (Å²) < 4.78 is 5.32. The number of aliphatic hydroxyl groups excluding tert-OH is 1. The van der Waals surface area contributed by atoms with Crippen LogP contribution in [0.25, 0.3) is 0 Å². The highest BCUT2D eigenvalue weighted by atomic mass is 16.5. The summed E-state index contributed by atoms with van der Waals surface area (Å²) in [5.74, 6) is 0.768. The van der Waals surface area contributed by atoms with Gasteiger partial charge in [0.2, 0.25) is 0 Å². The lowest BCUT2D eigenvalue weighted by Gasteiger charge is -2.21. The minimum absolute atomic E-state index is 0.0614. The largest absolute Gasteiger partial charge is 0.496 e. The summed E-state index contributed by atoms with van der Waals surface area (Å²) in [5, 5.41) is 22.2. The van der Waals surface area contributed by atoms with Gasteiger partial charge in [0, 0.05) is 6.42 Å². The first-order valence-electron chi connectivity index (χ1n) is 7.21. The SMILES string of the molecule is COc1ccccc1CC(C#N)N[C@@H](CO)c1ccccc1. The van der Waals surface area contributed by atoms with E-state index in [0.717, 1.165) is 16.9 Å². The molecule has 0 aliphatic carbocycles. The third-order valence-electron chi connectivity index (χ3n) is 3.56. The van der Waals surface area contributed by atoms with E-state index in [9.17, 15) is 10.4 Å². The predicted molar refractivity (Wildman–Crippen MR) is 85.5 cm³/mol. The highest BCUT2D eigenvalue weighted by Gasteiger charge is 2.17. The van der Waals surface area contributed by atoms with Crippen LogP contribution in [0.15, 0.2) is 54.6 Å². The van der Waals surface area contributed by atoms with Crippen LogP contribution in [0, 0.1) is 11.3 Å². The van der Waals surface area contributed by atoms with Gasteiger partial charge < -0.3 is 9.84 Å². The standard InChI is InChI=1S/C18H20N2O2/c1-22-18-10-6-5-9-15(18)11-16(12-19)20-17(13-21)14-7-3-2-4-8-14/h2-10,16-17,20-21H,11,13H2,1H3/t16?,17-/m0/s1. The molecule has 114 valence electrons. The highest BCUT2D eigenvalue weighted by Crippen LogP contribution is 2.20. The number of hydrogen-bond donors (Lipinski definition) is 2. The van der Waals surface area contributed by atoms with Crippen molar-refractivity contribution in [1.29, 1.82) is 5.26 Å². The molecule has 1 unspecified atom stereocenters. The van der Waals surface area contributed by atoms with Crippen molar-refractivity contribution in [2.45, 2.75) is 18.5 Å². The zero-order chi connectivity index (χ0) is 15.8. The maximum atomic E-state index is 9.59. The summed E-state index contributed by atoms with van der Waals surface area (Å²) >= 11 is 0. The van der Waals surface area contributed by atoms with Gasteiger partial charge in [0.15, 0.2) is 0 Å². The maximum absolute atomic E-state index is 9.59. The Morgan fingerprint density at radius 3 is 2.45 bits per heavy atom. The van der Waals surface area contributed by atoms with E-state index in [-0.39, 0.29) is 12.6 Å². The summed E-state index contributed by atoms with van der Waals surface area (Å²) in [4.78, 5) is 0. The molecule has 2 aromatic rings. The lowest BCUT2D eigenvalue weighted by Crippen LogP contribution is -2.35. The Morgan fingerprint density at radius 2 is 1.82 bits per heavy atom. The first kappa shape index (κ1) is 16.0. The van der Waals surface area contributed by atoms with Crippen LogP contribution < -0.4 is 10.1 Å². The molecule has 2 aromatic carbocycles. The Hall–Kier alpha value is -2.35. The maximum Gasteiger partial charge on any atom is 0.122 e. The van der Waals surface area contributed by atoms with E-state index in [2.05, 4.69) is 11.4 Å². The second-order valence-electron chi connectivity index (χ2n) is 5.01. The molecule has 0 bridgehead atoms. The van der Waals surface area contributed by atoms with Gasteiger partial charge in [-0.2, -0.15) is 5.26 Å². The number of hydrogen-bond acceptors (Lipinski definition) is 4. The molecule has 0 aliphatic heterocycles. The quantitative estimate of drug-likeness (QED) is 0.823. The van der Waals surface area contributed by atoms with E-state index in [0.29, 0.717) is 6.42 Å².